The number of anilines is 1. The molecule has 7 heteroatoms. The summed E-state index contributed by atoms with van der Waals surface area (Å²) in [6.45, 7) is 0. The van der Waals surface area contributed by atoms with Crippen LogP contribution < -0.4 is 5.32 Å². The maximum atomic E-state index is 11.9. The molecule has 2 N–H and O–H groups in total. The third kappa shape index (κ3) is 4.11. The number of halogens is 1. The summed E-state index contributed by atoms with van der Waals surface area (Å²) in [6, 6.07) is 13.4. The zero-order chi connectivity index (χ0) is 16.9. The van der Waals surface area contributed by atoms with Crippen LogP contribution >= 0.6 is 11.6 Å². The van der Waals surface area contributed by atoms with Gasteiger partial charge in [0.05, 0.1) is 0 Å². The first-order chi connectivity index (χ1) is 11.6. The van der Waals surface area contributed by atoms with Gasteiger partial charge in [0.15, 0.2) is 0 Å². The number of amides is 1. The highest BCUT2D eigenvalue weighted by molar-refractivity contribution is 6.30. The first-order valence-electron chi connectivity index (χ1n) is 7.27. The van der Waals surface area contributed by atoms with Crippen LogP contribution in [0.1, 0.15) is 12.3 Å². The maximum Gasteiger partial charge on any atom is 0.227 e. The lowest BCUT2D eigenvalue weighted by Crippen LogP contribution is -2.12. The summed E-state index contributed by atoms with van der Waals surface area (Å²) in [5.74, 6) is 0.793. The molecular formula is C17H14ClN3O3. The fraction of sp³-hybridized carbons (Fsp3) is 0.118. The molecule has 0 radical (unpaired) electrons. The number of aromatic nitrogens is 2. The van der Waals surface area contributed by atoms with Crippen LogP contribution in [-0.4, -0.2) is 21.2 Å². The Balaban J connectivity index is 1.57. The van der Waals surface area contributed by atoms with Crippen LogP contribution in [0.15, 0.2) is 53.1 Å². The van der Waals surface area contributed by atoms with Gasteiger partial charge in [0, 0.05) is 29.1 Å². The zero-order valence-electron chi connectivity index (χ0n) is 12.6. The Kier molecular flexibility index (Phi) is 4.77. The van der Waals surface area contributed by atoms with Crippen molar-refractivity contribution >= 4 is 23.2 Å². The Morgan fingerprint density at radius 1 is 1.21 bits per heavy atom. The van der Waals surface area contributed by atoms with E-state index in [0.717, 1.165) is 5.56 Å². The molecule has 0 aliphatic heterocycles. The molecule has 3 rings (SSSR count). The molecule has 0 fully saturated rings. The molecule has 0 spiro atoms. The monoisotopic (exact) mass is 343 g/mol. The minimum atomic E-state index is -0.165. The van der Waals surface area contributed by atoms with Crippen LogP contribution in [0.4, 0.5) is 5.69 Å². The number of nitrogens with zero attached hydrogens (tertiary/aromatic N) is 2. The van der Waals surface area contributed by atoms with Gasteiger partial charge in [0.1, 0.15) is 5.75 Å². The van der Waals surface area contributed by atoms with E-state index in [1.165, 1.54) is 0 Å². The van der Waals surface area contributed by atoms with E-state index in [9.17, 15) is 9.90 Å². The maximum absolute atomic E-state index is 11.9. The largest absolute Gasteiger partial charge is 0.508 e. The second kappa shape index (κ2) is 7.14. The highest BCUT2D eigenvalue weighted by Gasteiger charge is 2.11. The molecule has 2 aromatic carbocycles. The molecule has 0 aliphatic rings. The number of phenolic OH excluding ortho intramolecular Hbond substituents is 1. The minimum Gasteiger partial charge on any atom is -0.508 e. The summed E-state index contributed by atoms with van der Waals surface area (Å²) in [7, 11) is 0. The standard InChI is InChI=1S/C17H14ClN3O3/c18-12-2-1-3-13(10-12)19-15(23)8-9-16-20-17(21-24-16)11-4-6-14(22)7-5-11/h1-7,10,22H,8-9H2,(H,19,23). The van der Waals surface area contributed by atoms with Crippen molar-refractivity contribution in [3.8, 4) is 17.1 Å². The summed E-state index contributed by atoms with van der Waals surface area (Å²) < 4.78 is 5.14. The van der Waals surface area contributed by atoms with E-state index in [4.69, 9.17) is 16.1 Å². The molecule has 0 saturated carbocycles. The van der Waals surface area contributed by atoms with Gasteiger partial charge >= 0.3 is 0 Å². The van der Waals surface area contributed by atoms with Gasteiger partial charge in [-0.1, -0.05) is 22.8 Å². The van der Waals surface area contributed by atoms with Gasteiger partial charge in [0.2, 0.25) is 17.6 Å². The normalized spacial score (nSPS) is 10.5. The van der Waals surface area contributed by atoms with Crippen molar-refractivity contribution in [2.24, 2.45) is 0 Å². The van der Waals surface area contributed by atoms with Crippen LogP contribution in [0.3, 0.4) is 0 Å². The number of aryl methyl sites for hydroxylation is 1. The van der Waals surface area contributed by atoms with Crippen LogP contribution in [0.5, 0.6) is 5.75 Å². The Hall–Kier alpha value is -2.86. The fourth-order valence-electron chi connectivity index (χ4n) is 2.09. The molecular weight excluding hydrogens is 330 g/mol. The first kappa shape index (κ1) is 16.0. The number of carbonyl (C=O) groups is 1. The van der Waals surface area contributed by atoms with Crippen molar-refractivity contribution in [2.45, 2.75) is 12.8 Å². The van der Waals surface area contributed by atoms with E-state index in [1.54, 1.807) is 48.5 Å². The molecule has 0 bridgehead atoms. The van der Waals surface area contributed by atoms with Crippen LogP contribution in [0, 0.1) is 0 Å². The number of nitrogens with one attached hydrogen (secondary N) is 1. The van der Waals surface area contributed by atoms with E-state index in [1.807, 2.05) is 0 Å². The summed E-state index contributed by atoms with van der Waals surface area (Å²) in [5.41, 5.74) is 1.37. The van der Waals surface area contributed by atoms with Crippen molar-refractivity contribution in [1.82, 2.24) is 10.1 Å². The lowest BCUT2D eigenvalue weighted by atomic mass is 10.2. The summed E-state index contributed by atoms with van der Waals surface area (Å²) in [4.78, 5) is 16.2. The van der Waals surface area contributed by atoms with E-state index in [0.29, 0.717) is 28.8 Å². The van der Waals surface area contributed by atoms with Crippen molar-refractivity contribution in [3.63, 3.8) is 0 Å². The van der Waals surface area contributed by atoms with Gasteiger partial charge in [-0.25, -0.2) is 0 Å². The van der Waals surface area contributed by atoms with Gasteiger partial charge in [-0.2, -0.15) is 4.98 Å². The third-order valence-electron chi connectivity index (χ3n) is 3.27. The summed E-state index contributed by atoms with van der Waals surface area (Å²) >= 11 is 5.87. The molecule has 24 heavy (non-hydrogen) atoms. The van der Waals surface area contributed by atoms with Gasteiger partial charge < -0.3 is 14.9 Å². The molecule has 1 aromatic heterocycles. The predicted molar refractivity (Wildman–Crippen MR) is 89.8 cm³/mol. The highest BCUT2D eigenvalue weighted by Crippen LogP contribution is 2.19. The lowest BCUT2D eigenvalue weighted by molar-refractivity contribution is -0.116. The number of phenols is 1. The zero-order valence-corrected chi connectivity index (χ0v) is 13.3. The van der Waals surface area contributed by atoms with Crippen LogP contribution in [0.2, 0.25) is 5.02 Å². The smallest absolute Gasteiger partial charge is 0.227 e. The van der Waals surface area contributed by atoms with Crippen LogP contribution in [-0.2, 0) is 11.2 Å². The van der Waals surface area contributed by atoms with E-state index >= 15 is 0 Å². The van der Waals surface area contributed by atoms with Crippen molar-refractivity contribution < 1.29 is 14.4 Å². The topological polar surface area (TPSA) is 88.2 Å². The second-order valence-corrected chi connectivity index (χ2v) is 5.55. The molecule has 122 valence electrons. The number of aromatic hydroxyl groups is 1. The fourth-order valence-corrected chi connectivity index (χ4v) is 2.28. The summed E-state index contributed by atoms with van der Waals surface area (Å²) in [6.07, 6.45) is 0.543. The van der Waals surface area contributed by atoms with Gasteiger partial charge in [-0.3, -0.25) is 4.79 Å². The number of carbonyl (C=O) groups excluding carboxylic acids is 1. The number of rotatable bonds is 5. The molecule has 1 heterocycles. The van der Waals surface area contributed by atoms with Crippen LogP contribution in [0.25, 0.3) is 11.4 Å². The summed E-state index contributed by atoms with van der Waals surface area (Å²) in [5, 5.41) is 16.5. The van der Waals surface area contributed by atoms with Crippen molar-refractivity contribution in [1.29, 1.82) is 0 Å². The SMILES string of the molecule is O=C(CCc1nc(-c2ccc(O)cc2)no1)Nc1cccc(Cl)c1. The molecule has 0 saturated heterocycles. The molecule has 0 unspecified atom stereocenters. The highest BCUT2D eigenvalue weighted by atomic mass is 35.5. The number of hydrogen-bond acceptors (Lipinski definition) is 5. The van der Waals surface area contributed by atoms with Gasteiger partial charge in [0.25, 0.3) is 0 Å². The molecule has 0 atom stereocenters. The van der Waals surface area contributed by atoms with E-state index in [2.05, 4.69) is 15.5 Å². The average Bonchev–Trinajstić information content (AvgIpc) is 3.03. The molecule has 6 nitrogen and oxygen atoms in total. The van der Waals surface area contributed by atoms with Gasteiger partial charge in [-0.15, -0.1) is 0 Å². The number of benzene rings is 2. The predicted octanol–water partition coefficient (Wildman–Crippen LogP) is 3.67. The third-order valence-corrected chi connectivity index (χ3v) is 3.50. The second-order valence-electron chi connectivity index (χ2n) is 5.12. The Morgan fingerprint density at radius 3 is 2.75 bits per heavy atom. The van der Waals surface area contributed by atoms with Crippen molar-refractivity contribution in [2.75, 3.05) is 5.32 Å². The molecule has 1 amide bonds. The molecule has 0 aliphatic carbocycles. The first-order valence-corrected chi connectivity index (χ1v) is 7.65. The number of hydrogen-bond donors (Lipinski definition) is 2. The Labute approximate surface area is 143 Å². The quantitative estimate of drug-likeness (QED) is 0.738. The Morgan fingerprint density at radius 2 is 2.00 bits per heavy atom. The molecule has 3 aromatic rings. The van der Waals surface area contributed by atoms with E-state index in [-0.39, 0.29) is 18.1 Å². The van der Waals surface area contributed by atoms with Gasteiger partial charge in [-0.05, 0) is 42.5 Å². The lowest BCUT2D eigenvalue weighted by Gasteiger charge is -2.04. The average molecular weight is 344 g/mol. The Bertz CT molecular complexity index is 846. The minimum absolute atomic E-state index is 0.165. The van der Waals surface area contributed by atoms with E-state index < -0.39 is 0 Å². The van der Waals surface area contributed by atoms with Crippen molar-refractivity contribution in [3.05, 3.63) is 59.4 Å².